The molecule has 0 saturated heterocycles. The van der Waals surface area contributed by atoms with E-state index in [1.54, 1.807) is 18.2 Å². The van der Waals surface area contributed by atoms with Gasteiger partial charge in [0.15, 0.2) is 12.1 Å². The highest BCUT2D eigenvalue weighted by Gasteiger charge is 2.24. The first-order valence-corrected chi connectivity index (χ1v) is 7.38. The molecule has 1 aromatic heterocycles. The van der Waals surface area contributed by atoms with E-state index in [2.05, 4.69) is 15.3 Å². The summed E-state index contributed by atoms with van der Waals surface area (Å²) in [5.74, 6) is 0.591. The van der Waals surface area contributed by atoms with Gasteiger partial charge in [0.2, 0.25) is 5.95 Å². The number of rotatable bonds is 1. The first-order chi connectivity index (χ1) is 11.1. The van der Waals surface area contributed by atoms with Crippen molar-refractivity contribution in [1.29, 1.82) is 0 Å². The Bertz CT molecular complexity index is 994. The summed E-state index contributed by atoms with van der Waals surface area (Å²) in [5, 5.41) is 4.03. The molecular weight excluding hydrogens is 314 g/mol. The average molecular weight is 326 g/mol. The molecule has 6 nitrogen and oxygen atoms in total. The zero-order chi connectivity index (χ0) is 16.0. The molecule has 7 heteroatoms. The smallest absolute Gasteiger partial charge is 0.282 e. The quantitative estimate of drug-likeness (QED) is 0.719. The second kappa shape index (κ2) is 5.10. The molecule has 23 heavy (non-hydrogen) atoms. The van der Waals surface area contributed by atoms with Gasteiger partial charge in [0.1, 0.15) is 0 Å². The number of nitrogens with one attached hydrogen (secondary N) is 1. The van der Waals surface area contributed by atoms with Crippen molar-refractivity contribution in [3.8, 4) is 0 Å². The molecule has 0 spiro atoms. The molecule has 0 aliphatic carbocycles. The third kappa shape index (κ3) is 2.24. The largest absolute Gasteiger partial charge is 0.370 e. The number of halogens is 1. The Labute approximate surface area is 136 Å². The molecule has 4 rings (SSSR count). The van der Waals surface area contributed by atoms with Gasteiger partial charge in [-0.05, 0) is 29.8 Å². The number of anilines is 1. The van der Waals surface area contributed by atoms with Crippen LogP contribution >= 0.6 is 11.6 Å². The fourth-order valence-corrected chi connectivity index (χ4v) is 2.85. The summed E-state index contributed by atoms with van der Waals surface area (Å²) in [5.41, 5.74) is 7.20. The monoisotopic (exact) mass is 325 g/mol. The average Bonchev–Trinajstić information content (AvgIpc) is 2.55. The van der Waals surface area contributed by atoms with Crippen LogP contribution < -0.4 is 16.6 Å². The summed E-state index contributed by atoms with van der Waals surface area (Å²) in [6.45, 7) is 0. The molecular formula is C16H12ClN5O. The van der Waals surface area contributed by atoms with Gasteiger partial charge < -0.3 is 5.73 Å². The van der Waals surface area contributed by atoms with Crippen molar-refractivity contribution in [2.45, 2.75) is 6.17 Å². The Balaban J connectivity index is 2.03. The van der Waals surface area contributed by atoms with E-state index in [1.807, 2.05) is 34.9 Å². The number of aliphatic imine (C=N–C) groups is 1. The normalized spacial score (nSPS) is 16.6. The minimum atomic E-state index is -0.415. The first-order valence-electron chi connectivity index (χ1n) is 7.00. The number of aromatic nitrogens is 2. The Morgan fingerprint density at radius 1 is 1.13 bits per heavy atom. The zero-order valence-corrected chi connectivity index (χ0v) is 12.7. The van der Waals surface area contributed by atoms with Gasteiger partial charge in [0.25, 0.3) is 5.56 Å². The molecule has 114 valence electrons. The molecule has 0 radical (unpaired) electrons. The van der Waals surface area contributed by atoms with Crippen LogP contribution in [0.25, 0.3) is 10.9 Å². The van der Waals surface area contributed by atoms with Crippen LogP contribution in [0.2, 0.25) is 5.02 Å². The fourth-order valence-electron chi connectivity index (χ4n) is 2.72. The Morgan fingerprint density at radius 2 is 1.87 bits per heavy atom. The van der Waals surface area contributed by atoms with Crippen molar-refractivity contribution in [2.75, 3.05) is 5.32 Å². The Hall–Kier alpha value is -2.86. The van der Waals surface area contributed by atoms with E-state index >= 15 is 0 Å². The molecule has 2 aromatic carbocycles. The minimum absolute atomic E-state index is 0.215. The van der Waals surface area contributed by atoms with Crippen molar-refractivity contribution < 1.29 is 0 Å². The number of guanidine groups is 1. The van der Waals surface area contributed by atoms with Crippen LogP contribution in [-0.2, 0) is 0 Å². The summed E-state index contributed by atoms with van der Waals surface area (Å²) in [7, 11) is 0. The van der Waals surface area contributed by atoms with Gasteiger partial charge in [-0.25, -0.2) is 4.99 Å². The van der Waals surface area contributed by atoms with Crippen molar-refractivity contribution >= 4 is 34.4 Å². The van der Waals surface area contributed by atoms with Crippen LogP contribution in [0.3, 0.4) is 0 Å². The fraction of sp³-hybridized carbons (Fsp3) is 0.0625. The highest BCUT2D eigenvalue weighted by atomic mass is 35.5. The number of hydrogen-bond donors (Lipinski definition) is 2. The van der Waals surface area contributed by atoms with E-state index in [0.717, 1.165) is 11.1 Å². The summed E-state index contributed by atoms with van der Waals surface area (Å²) in [6, 6.07) is 14.6. The van der Waals surface area contributed by atoms with Gasteiger partial charge in [-0.1, -0.05) is 35.9 Å². The molecule has 0 amide bonds. The molecule has 0 fully saturated rings. The maximum absolute atomic E-state index is 12.2. The van der Waals surface area contributed by atoms with E-state index in [0.29, 0.717) is 16.4 Å². The lowest BCUT2D eigenvalue weighted by atomic mass is 10.1. The van der Waals surface area contributed by atoms with Crippen molar-refractivity contribution in [3.63, 3.8) is 0 Å². The number of hydrogen-bond acceptors (Lipinski definition) is 5. The third-order valence-electron chi connectivity index (χ3n) is 3.74. The highest BCUT2D eigenvalue weighted by molar-refractivity contribution is 6.30. The summed E-state index contributed by atoms with van der Waals surface area (Å²) in [4.78, 5) is 20.7. The molecule has 2 heterocycles. The molecule has 3 N–H and O–H groups in total. The van der Waals surface area contributed by atoms with Crippen LogP contribution in [-0.4, -0.2) is 15.5 Å². The van der Waals surface area contributed by atoms with Crippen LogP contribution in [0, 0.1) is 0 Å². The van der Waals surface area contributed by atoms with Crippen LogP contribution in [0.1, 0.15) is 11.7 Å². The summed E-state index contributed by atoms with van der Waals surface area (Å²) >= 11 is 5.96. The standard InChI is InChI=1S/C16H12ClN5O/c17-10-7-5-9(6-8-10)13-19-15(18)21-16-20-14(23)11-3-1-2-4-12(11)22(13)16/h1-8,13H,(H3,18,19,20,21,23)/t13-/m1/s1. The predicted octanol–water partition coefficient (Wildman–Crippen LogP) is 2.34. The number of para-hydroxylation sites is 1. The van der Waals surface area contributed by atoms with Gasteiger partial charge in [-0.2, -0.15) is 4.98 Å². The van der Waals surface area contributed by atoms with Crippen LogP contribution in [0.15, 0.2) is 58.3 Å². The first kappa shape index (κ1) is 13.8. The molecule has 1 atom stereocenters. The summed E-state index contributed by atoms with van der Waals surface area (Å²) < 4.78 is 1.86. The van der Waals surface area contributed by atoms with Gasteiger partial charge in [-0.15, -0.1) is 0 Å². The van der Waals surface area contributed by atoms with Gasteiger partial charge in [-0.3, -0.25) is 14.7 Å². The van der Waals surface area contributed by atoms with E-state index < -0.39 is 6.17 Å². The molecule has 1 aliphatic rings. The van der Waals surface area contributed by atoms with Gasteiger partial charge >= 0.3 is 0 Å². The zero-order valence-electron chi connectivity index (χ0n) is 11.9. The van der Waals surface area contributed by atoms with Crippen molar-refractivity contribution in [2.24, 2.45) is 10.7 Å². The van der Waals surface area contributed by atoms with E-state index in [9.17, 15) is 4.79 Å². The SMILES string of the molecule is NC1=N[C@@H](c2ccc(Cl)cc2)n2c(nc(=O)c3ccccc32)N1. The minimum Gasteiger partial charge on any atom is -0.370 e. The Kier molecular flexibility index (Phi) is 3.06. The van der Waals surface area contributed by atoms with Crippen LogP contribution in [0.4, 0.5) is 5.95 Å². The number of nitrogens with two attached hydrogens (primary N) is 1. The van der Waals surface area contributed by atoms with Gasteiger partial charge in [0.05, 0.1) is 10.9 Å². The summed E-state index contributed by atoms with van der Waals surface area (Å²) in [6.07, 6.45) is -0.415. The van der Waals surface area contributed by atoms with E-state index in [-0.39, 0.29) is 11.5 Å². The van der Waals surface area contributed by atoms with E-state index in [4.69, 9.17) is 17.3 Å². The predicted molar refractivity (Wildman–Crippen MR) is 90.8 cm³/mol. The second-order valence-electron chi connectivity index (χ2n) is 5.19. The van der Waals surface area contributed by atoms with E-state index in [1.165, 1.54) is 0 Å². The lowest BCUT2D eigenvalue weighted by molar-refractivity contribution is 0.616. The van der Waals surface area contributed by atoms with Crippen molar-refractivity contribution in [1.82, 2.24) is 9.55 Å². The van der Waals surface area contributed by atoms with Gasteiger partial charge in [0, 0.05) is 5.02 Å². The molecule has 0 bridgehead atoms. The maximum atomic E-state index is 12.2. The number of benzene rings is 2. The number of nitrogens with zero attached hydrogens (tertiary/aromatic N) is 3. The highest BCUT2D eigenvalue weighted by Crippen LogP contribution is 2.30. The molecule has 0 unspecified atom stereocenters. The Morgan fingerprint density at radius 3 is 2.65 bits per heavy atom. The topological polar surface area (TPSA) is 85.3 Å². The molecule has 0 saturated carbocycles. The maximum Gasteiger partial charge on any atom is 0.282 e. The second-order valence-corrected chi connectivity index (χ2v) is 5.63. The van der Waals surface area contributed by atoms with Crippen LogP contribution in [0.5, 0.6) is 0 Å². The third-order valence-corrected chi connectivity index (χ3v) is 4.00. The lowest BCUT2D eigenvalue weighted by Crippen LogP contribution is -2.34. The molecule has 3 aromatic rings. The van der Waals surface area contributed by atoms with Crippen molar-refractivity contribution in [3.05, 3.63) is 69.5 Å². The molecule has 1 aliphatic heterocycles. The number of fused-ring (bicyclic) bond motifs is 3. The lowest BCUT2D eigenvalue weighted by Gasteiger charge is -2.27.